The molecule has 1 N–H and O–H groups in total. The molecule has 0 aliphatic carbocycles. The molecule has 0 saturated heterocycles. The smallest absolute Gasteiger partial charge is 0.243 e. The number of nitrogens with zero attached hydrogens (tertiary/aromatic N) is 2. The summed E-state index contributed by atoms with van der Waals surface area (Å²) in [5.41, 5.74) is 2.01. The van der Waals surface area contributed by atoms with Crippen molar-refractivity contribution in [3.05, 3.63) is 58.6 Å². The Morgan fingerprint density at radius 1 is 1.24 bits per heavy atom. The zero-order chi connectivity index (χ0) is 15.2. The van der Waals surface area contributed by atoms with E-state index in [9.17, 15) is 4.79 Å². The van der Waals surface area contributed by atoms with E-state index < -0.39 is 0 Å². The van der Waals surface area contributed by atoms with Gasteiger partial charge in [-0.05, 0) is 40.2 Å². The van der Waals surface area contributed by atoms with E-state index in [0.717, 1.165) is 15.8 Å². The van der Waals surface area contributed by atoms with Crippen molar-refractivity contribution in [3.63, 3.8) is 0 Å². The molecule has 4 nitrogen and oxygen atoms in total. The van der Waals surface area contributed by atoms with Crippen LogP contribution in [-0.2, 0) is 4.79 Å². The first kappa shape index (κ1) is 15.1. The van der Waals surface area contributed by atoms with Gasteiger partial charge in [-0.15, -0.1) is 0 Å². The summed E-state index contributed by atoms with van der Waals surface area (Å²) in [6, 6.07) is 16.8. The number of hydrogen-bond acceptors (Lipinski definition) is 3. The molecule has 0 aliphatic heterocycles. The minimum atomic E-state index is -0.142. The van der Waals surface area contributed by atoms with Crippen LogP contribution >= 0.6 is 15.9 Å². The fraction of sp³-hybridized carbons (Fsp3) is 0.125. The first-order valence-corrected chi connectivity index (χ1v) is 7.16. The molecule has 1 amide bonds. The molecule has 0 aromatic heterocycles. The maximum Gasteiger partial charge on any atom is 0.243 e. The van der Waals surface area contributed by atoms with Gasteiger partial charge in [0.25, 0.3) is 0 Å². The predicted octanol–water partition coefficient (Wildman–Crippen LogP) is 3.40. The first-order valence-electron chi connectivity index (χ1n) is 6.36. The molecule has 0 bridgehead atoms. The first-order chi connectivity index (χ1) is 10.1. The molecule has 5 heteroatoms. The van der Waals surface area contributed by atoms with Gasteiger partial charge in [0.1, 0.15) is 6.07 Å². The van der Waals surface area contributed by atoms with E-state index in [-0.39, 0.29) is 12.5 Å². The molecule has 0 atom stereocenters. The van der Waals surface area contributed by atoms with Crippen LogP contribution in [0.25, 0.3) is 0 Å². The van der Waals surface area contributed by atoms with Crippen molar-refractivity contribution in [2.24, 2.45) is 0 Å². The summed E-state index contributed by atoms with van der Waals surface area (Å²) in [6.45, 7) is 0.167. The summed E-state index contributed by atoms with van der Waals surface area (Å²) in [5.74, 6) is -0.142. The maximum absolute atomic E-state index is 12.1. The molecule has 0 radical (unpaired) electrons. The topological polar surface area (TPSA) is 56.1 Å². The average Bonchev–Trinajstić information content (AvgIpc) is 2.49. The Labute approximate surface area is 132 Å². The number of para-hydroxylation sites is 2. The van der Waals surface area contributed by atoms with Crippen LogP contribution in [0, 0.1) is 11.3 Å². The minimum Gasteiger partial charge on any atom is -0.364 e. The highest BCUT2D eigenvalue weighted by molar-refractivity contribution is 9.10. The molecule has 0 heterocycles. The Bertz CT molecular complexity index is 694. The molecule has 2 aromatic rings. The summed E-state index contributed by atoms with van der Waals surface area (Å²) in [4.78, 5) is 13.8. The second-order valence-corrected chi connectivity index (χ2v) is 5.37. The summed E-state index contributed by atoms with van der Waals surface area (Å²) < 4.78 is 0.832. The van der Waals surface area contributed by atoms with E-state index in [1.54, 1.807) is 24.1 Å². The van der Waals surface area contributed by atoms with E-state index in [2.05, 4.69) is 27.3 Å². The van der Waals surface area contributed by atoms with E-state index in [4.69, 9.17) is 5.26 Å². The lowest BCUT2D eigenvalue weighted by molar-refractivity contribution is -0.114. The molecule has 106 valence electrons. The Morgan fingerprint density at radius 2 is 1.90 bits per heavy atom. The van der Waals surface area contributed by atoms with Gasteiger partial charge in [-0.1, -0.05) is 24.3 Å². The Kier molecular flexibility index (Phi) is 4.96. The molecule has 2 rings (SSSR count). The van der Waals surface area contributed by atoms with Gasteiger partial charge in [0.15, 0.2) is 0 Å². The van der Waals surface area contributed by atoms with Gasteiger partial charge in [-0.25, -0.2) is 0 Å². The summed E-state index contributed by atoms with van der Waals surface area (Å²) >= 11 is 3.39. The molecule has 0 fully saturated rings. The van der Waals surface area contributed by atoms with Gasteiger partial charge in [-0.3, -0.25) is 4.79 Å². The van der Waals surface area contributed by atoms with E-state index in [1.807, 2.05) is 36.4 Å². The van der Waals surface area contributed by atoms with Crippen LogP contribution in [0.2, 0.25) is 0 Å². The number of benzene rings is 2. The number of nitriles is 1. The molecule has 0 saturated carbocycles. The molecular formula is C16H14BrN3O. The Balaban J connectivity index is 2.06. The molecular weight excluding hydrogens is 330 g/mol. The summed E-state index contributed by atoms with van der Waals surface area (Å²) in [5, 5.41) is 11.9. The molecule has 0 unspecified atom stereocenters. The van der Waals surface area contributed by atoms with Gasteiger partial charge in [-0.2, -0.15) is 5.26 Å². The lowest BCUT2D eigenvalue weighted by Crippen LogP contribution is -2.30. The average molecular weight is 344 g/mol. The van der Waals surface area contributed by atoms with Crippen LogP contribution in [-0.4, -0.2) is 19.5 Å². The van der Waals surface area contributed by atoms with Crippen LogP contribution in [0.3, 0.4) is 0 Å². The summed E-state index contributed by atoms with van der Waals surface area (Å²) in [6.07, 6.45) is 0. The van der Waals surface area contributed by atoms with E-state index in [0.29, 0.717) is 5.56 Å². The van der Waals surface area contributed by atoms with Crippen molar-refractivity contribution in [2.75, 3.05) is 23.8 Å². The van der Waals surface area contributed by atoms with Gasteiger partial charge in [0, 0.05) is 11.5 Å². The third-order valence-corrected chi connectivity index (χ3v) is 3.66. The van der Waals surface area contributed by atoms with Crippen molar-refractivity contribution >= 4 is 33.2 Å². The van der Waals surface area contributed by atoms with E-state index >= 15 is 0 Å². The summed E-state index contributed by atoms with van der Waals surface area (Å²) in [7, 11) is 1.79. The third kappa shape index (κ3) is 3.83. The van der Waals surface area contributed by atoms with Crippen molar-refractivity contribution in [1.82, 2.24) is 0 Å². The normalized spacial score (nSPS) is 9.76. The number of halogens is 1. The number of anilines is 2. The molecule has 21 heavy (non-hydrogen) atoms. The van der Waals surface area contributed by atoms with Gasteiger partial charge < -0.3 is 10.2 Å². The lowest BCUT2D eigenvalue weighted by atomic mass is 10.2. The number of likely N-dealkylation sites (N-methyl/N-ethyl adjacent to an activating group) is 1. The van der Waals surface area contributed by atoms with Crippen molar-refractivity contribution in [2.45, 2.75) is 0 Å². The van der Waals surface area contributed by atoms with Crippen LogP contribution in [0.15, 0.2) is 53.0 Å². The minimum absolute atomic E-state index is 0.142. The zero-order valence-electron chi connectivity index (χ0n) is 11.5. The van der Waals surface area contributed by atoms with Crippen LogP contribution in [0.5, 0.6) is 0 Å². The monoisotopic (exact) mass is 343 g/mol. The van der Waals surface area contributed by atoms with E-state index in [1.165, 1.54) is 0 Å². The van der Waals surface area contributed by atoms with Crippen LogP contribution in [0.1, 0.15) is 5.56 Å². The maximum atomic E-state index is 12.1. The van der Waals surface area contributed by atoms with Gasteiger partial charge >= 0.3 is 0 Å². The van der Waals surface area contributed by atoms with Crippen LogP contribution < -0.4 is 10.2 Å². The molecule has 0 spiro atoms. The Morgan fingerprint density at radius 3 is 2.62 bits per heavy atom. The van der Waals surface area contributed by atoms with Crippen molar-refractivity contribution in [3.8, 4) is 6.07 Å². The third-order valence-electron chi connectivity index (χ3n) is 2.96. The number of nitrogens with one attached hydrogen (secondary N) is 1. The highest BCUT2D eigenvalue weighted by Crippen LogP contribution is 2.22. The molecule has 0 aliphatic rings. The fourth-order valence-electron chi connectivity index (χ4n) is 1.95. The molecule has 2 aromatic carbocycles. The lowest BCUT2D eigenvalue weighted by Gasteiger charge is -2.20. The standard InChI is InChI=1S/C16H14BrN3O/c1-20(15-9-5-2-6-12(15)10-18)11-16(21)19-14-8-4-3-7-13(14)17/h2-9H,11H2,1H3,(H,19,21). The number of amides is 1. The SMILES string of the molecule is CN(CC(=O)Nc1ccccc1Br)c1ccccc1C#N. The second kappa shape index (κ2) is 6.91. The largest absolute Gasteiger partial charge is 0.364 e. The highest BCUT2D eigenvalue weighted by Gasteiger charge is 2.11. The fourth-order valence-corrected chi connectivity index (χ4v) is 2.34. The second-order valence-electron chi connectivity index (χ2n) is 4.51. The predicted molar refractivity (Wildman–Crippen MR) is 87.2 cm³/mol. The number of rotatable bonds is 4. The quantitative estimate of drug-likeness (QED) is 0.925. The Hall–Kier alpha value is -2.32. The van der Waals surface area contributed by atoms with Crippen molar-refractivity contribution < 1.29 is 4.79 Å². The van der Waals surface area contributed by atoms with Crippen LogP contribution in [0.4, 0.5) is 11.4 Å². The highest BCUT2D eigenvalue weighted by atomic mass is 79.9. The van der Waals surface area contributed by atoms with Gasteiger partial charge in [0.05, 0.1) is 23.5 Å². The number of hydrogen-bond donors (Lipinski definition) is 1. The zero-order valence-corrected chi connectivity index (χ0v) is 13.1. The number of carbonyl (C=O) groups is 1. The number of carbonyl (C=O) groups excluding carboxylic acids is 1. The van der Waals surface area contributed by atoms with Gasteiger partial charge in [0.2, 0.25) is 5.91 Å². The van der Waals surface area contributed by atoms with Crippen molar-refractivity contribution in [1.29, 1.82) is 5.26 Å².